The molecule has 6 heteroatoms. The molecule has 1 aromatic carbocycles. The Labute approximate surface area is 157 Å². The number of fused-ring (bicyclic) bond motifs is 1. The van der Waals surface area contributed by atoms with E-state index >= 15 is 0 Å². The lowest BCUT2D eigenvalue weighted by Gasteiger charge is -2.16. The minimum atomic E-state index is -0.0873. The zero-order valence-electron chi connectivity index (χ0n) is 14.6. The average Bonchev–Trinajstić information content (AvgIpc) is 3.32. The van der Waals surface area contributed by atoms with Gasteiger partial charge in [0.2, 0.25) is 0 Å². The lowest BCUT2D eigenvalue weighted by atomic mass is 10.1. The molecule has 3 heterocycles. The number of nitrogens with zero attached hydrogens (tertiary/aromatic N) is 3. The summed E-state index contributed by atoms with van der Waals surface area (Å²) < 4.78 is 0. The molecule has 1 aliphatic rings. The van der Waals surface area contributed by atoms with Crippen molar-refractivity contribution in [1.82, 2.24) is 20.2 Å². The van der Waals surface area contributed by atoms with Crippen molar-refractivity contribution in [3.63, 3.8) is 0 Å². The van der Waals surface area contributed by atoms with E-state index < -0.39 is 0 Å². The summed E-state index contributed by atoms with van der Waals surface area (Å²) in [4.78, 5) is 24.3. The van der Waals surface area contributed by atoms with Crippen LogP contribution in [-0.2, 0) is 6.42 Å². The van der Waals surface area contributed by atoms with E-state index in [-0.39, 0.29) is 5.91 Å². The van der Waals surface area contributed by atoms with Crippen LogP contribution in [0.15, 0.2) is 48.7 Å². The van der Waals surface area contributed by atoms with Crippen LogP contribution in [-0.4, -0.2) is 47.0 Å². The standard InChI is InChI=1S/C20H22N4OS/c25-18(20-23-17-7-4-10-21-19(17)26-20)22-13-16-9-12-24(14-16)11-8-15-5-2-1-3-6-15/h1-7,10,16H,8-9,11-14H2,(H,22,25). The minimum absolute atomic E-state index is 0.0873. The minimum Gasteiger partial charge on any atom is -0.350 e. The maximum Gasteiger partial charge on any atom is 0.280 e. The number of hydrogen-bond acceptors (Lipinski definition) is 5. The van der Waals surface area contributed by atoms with Gasteiger partial charge in [-0.05, 0) is 43.0 Å². The first-order valence-electron chi connectivity index (χ1n) is 9.04. The third-order valence-corrected chi connectivity index (χ3v) is 5.82. The second-order valence-electron chi connectivity index (χ2n) is 6.75. The quantitative estimate of drug-likeness (QED) is 0.729. The van der Waals surface area contributed by atoms with E-state index in [1.165, 1.54) is 16.9 Å². The molecule has 4 rings (SSSR count). The van der Waals surface area contributed by atoms with Gasteiger partial charge in [0, 0.05) is 25.8 Å². The lowest BCUT2D eigenvalue weighted by Crippen LogP contribution is -2.31. The van der Waals surface area contributed by atoms with Crippen molar-refractivity contribution in [3.05, 3.63) is 59.2 Å². The third-order valence-electron chi connectivity index (χ3n) is 4.84. The fraction of sp³-hybridized carbons (Fsp3) is 0.350. The van der Waals surface area contributed by atoms with Crippen LogP contribution in [0, 0.1) is 5.92 Å². The second-order valence-corrected chi connectivity index (χ2v) is 7.73. The number of aromatic nitrogens is 2. The molecule has 26 heavy (non-hydrogen) atoms. The molecule has 1 fully saturated rings. The van der Waals surface area contributed by atoms with E-state index in [0.717, 1.165) is 42.8 Å². The Hall–Kier alpha value is -2.31. The summed E-state index contributed by atoms with van der Waals surface area (Å²) in [6.07, 6.45) is 3.94. The van der Waals surface area contributed by atoms with Gasteiger partial charge in [0.25, 0.3) is 5.91 Å². The summed E-state index contributed by atoms with van der Waals surface area (Å²) in [6.45, 7) is 3.95. The molecule has 0 spiro atoms. The molecule has 5 nitrogen and oxygen atoms in total. The molecular weight excluding hydrogens is 344 g/mol. The van der Waals surface area contributed by atoms with E-state index in [0.29, 0.717) is 17.5 Å². The highest BCUT2D eigenvalue weighted by Gasteiger charge is 2.23. The van der Waals surface area contributed by atoms with Gasteiger partial charge in [-0.15, -0.1) is 0 Å². The molecule has 1 saturated heterocycles. The molecule has 1 amide bonds. The van der Waals surface area contributed by atoms with Crippen LogP contribution in [0.2, 0.25) is 0 Å². The van der Waals surface area contributed by atoms with Crippen LogP contribution in [0.3, 0.4) is 0 Å². The monoisotopic (exact) mass is 366 g/mol. The van der Waals surface area contributed by atoms with Crippen molar-refractivity contribution in [2.45, 2.75) is 12.8 Å². The highest BCUT2D eigenvalue weighted by Crippen LogP contribution is 2.20. The first kappa shape index (κ1) is 17.1. The summed E-state index contributed by atoms with van der Waals surface area (Å²) in [5.74, 6) is 0.429. The maximum atomic E-state index is 12.4. The molecule has 1 N–H and O–H groups in total. The summed E-state index contributed by atoms with van der Waals surface area (Å²) >= 11 is 1.35. The van der Waals surface area contributed by atoms with Gasteiger partial charge in [0.15, 0.2) is 5.01 Å². The van der Waals surface area contributed by atoms with Crippen molar-refractivity contribution < 1.29 is 4.79 Å². The topological polar surface area (TPSA) is 58.1 Å². The first-order valence-corrected chi connectivity index (χ1v) is 9.85. The van der Waals surface area contributed by atoms with Gasteiger partial charge in [-0.2, -0.15) is 0 Å². The summed E-state index contributed by atoms with van der Waals surface area (Å²) in [6, 6.07) is 14.3. The summed E-state index contributed by atoms with van der Waals surface area (Å²) in [5.41, 5.74) is 2.17. The van der Waals surface area contributed by atoms with Crippen LogP contribution in [0.25, 0.3) is 10.3 Å². The van der Waals surface area contributed by atoms with E-state index in [2.05, 4.69) is 50.5 Å². The van der Waals surface area contributed by atoms with Crippen LogP contribution in [0.5, 0.6) is 0 Å². The fourth-order valence-electron chi connectivity index (χ4n) is 3.39. The SMILES string of the molecule is O=C(NCC1CCN(CCc2ccccc2)C1)c1nc2cccnc2s1. The largest absolute Gasteiger partial charge is 0.350 e. The van der Waals surface area contributed by atoms with Crippen molar-refractivity contribution in [2.24, 2.45) is 5.92 Å². The molecule has 1 aliphatic heterocycles. The Kier molecular flexibility index (Phi) is 5.22. The van der Waals surface area contributed by atoms with Crippen LogP contribution in [0.1, 0.15) is 21.8 Å². The number of hydrogen-bond donors (Lipinski definition) is 1. The molecule has 134 valence electrons. The van der Waals surface area contributed by atoms with Gasteiger partial charge in [0.1, 0.15) is 10.3 Å². The van der Waals surface area contributed by atoms with Gasteiger partial charge in [0.05, 0.1) is 0 Å². The Morgan fingerprint density at radius 3 is 2.96 bits per heavy atom. The number of nitrogens with one attached hydrogen (secondary N) is 1. The van der Waals surface area contributed by atoms with Crippen LogP contribution < -0.4 is 5.32 Å². The van der Waals surface area contributed by atoms with Gasteiger partial charge < -0.3 is 10.2 Å². The fourth-order valence-corrected chi connectivity index (χ4v) is 4.22. The summed E-state index contributed by atoms with van der Waals surface area (Å²) in [7, 11) is 0. The van der Waals surface area contributed by atoms with E-state index in [4.69, 9.17) is 0 Å². The van der Waals surface area contributed by atoms with Crippen LogP contribution >= 0.6 is 11.3 Å². The Bertz CT molecular complexity index is 847. The highest BCUT2D eigenvalue weighted by atomic mass is 32.1. The number of likely N-dealkylation sites (tertiary alicyclic amines) is 1. The molecule has 0 radical (unpaired) electrons. The molecule has 3 aromatic rings. The van der Waals surface area contributed by atoms with Crippen molar-refractivity contribution in [2.75, 3.05) is 26.2 Å². The van der Waals surface area contributed by atoms with Crippen molar-refractivity contribution in [1.29, 1.82) is 0 Å². The average molecular weight is 366 g/mol. The Morgan fingerprint density at radius 1 is 1.23 bits per heavy atom. The normalized spacial score (nSPS) is 17.6. The van der Waals surface area contributed by atoms with E-state index in [9.17, 15) is 4.79 Å². The van der Waals surface area contributed by atoms with Gasteiger partial charge in [-0.25, -0.2) is 9.97 Å². The maximum absolute atomic E-state index is 12.4. The predicted molar refractivity (Wildman–Crippen MR) is 104 cm³/mol. The number of pyridine rings is 1. The number of amides is 1. The molecule has 2 aromatic heterocycles. The molecule has 1 unspecified atom stereocenters. The van der Waals surface area contributed by atoms with Crippen LogP contribution in [0.4, 0.5) is 0 Å². The number of benzene rings is 1. The van der Waals surface area contributed by atoms with Gasteiger partial charge in [-0.1, -0.05) is 41.7 Å². The first-order chi connectivity index (χ1) is 12.8. The third kappa shape index (κ3) is 4.08. The number of carbonyl (C=O) groups excluding carboxylic acids is 1. The molecule has 0 saturated carbocycles. The lowest BCUT2D eigenvalue weighted by molar-refractivity contribution is 0.0947. The molecule has 0 aliphatic carbocycles. The van der Waals surface area contributed by atoms with Gasteiger partial charge >= 0.3 is 0 Å². The zero-order valence-corrected chi connectivity index (χ0v) is 15.4. The van der Waals surface area contributed by atoms with E-state index in [1.54, 1.807) is 6.20 Å². The van der Waals surface area contributed by atoms with Crippen molar-refractivity contribution >= 4 is 27.6 Å². The molecule has 1 atom stereocenters. The number of thiazole rings is 1. The smallest absolute Gasteiger partial charge is 0.280 e. The number of rotatable bonds is 6. The predicted octanol–water partition coefficient (Wildman–Crippen LogP) is 2.99. The molecular formula is C20H22N4OS. The van der Waals surface area contributed by atoms with E-state index in [1.807, 2.05) is 12.1 Å². The second kappa shape index (κ2) is 7.93. The van der Waals surface area contributed by atoms with Crippen molar-refractivity contribution in [3.8, 4) is 0 Å². The number of carbonyl (C=O) groups is 1. The Balaban J connectivity index is 1.24. The zero-order chi connectivity index (χ0) is 17.8. The molecule has 0 bridgehead atoms. The highest BCUT2D eigenvalue weighted by molar-refractivity contribution is 7.19. The van der Waals surface area contributed by atoms with Gasteiger partial charge in [-0.3, -0.25) is 4.79 Å². The Morgan fingerprint density at radius 2 is 2.12 bits per heavy atom. The summed E-state index contributed by atoms with van der Waals surface area (Å²) in [5, 5.41) is 3.55.